The molecule has 0 amide bonds. The van der Waals surface area contributed by atoms with Gasteiger partial charge < -0.3 is 10.1 Å². The summed E-state index contributed by atoms with van der Waals surface area (Å²) in [5.74, 6) is 0.514. The van der Waals surface area contributed by atoms with Gasteiger partial charge >= 0.3 is 0 Å². The first kappa shape index (κ1) is 13.2. The molecule has 13 heavy (non-hydrogen) atoms. The van der Waals surface area contributed by atoms with Gasteiger partial charge in [0.15, 0.2) is 0 Å². The van der Waals surface area contributed by atoms with E-state index in [9.17, 15) is 0 Å². The predicted molar refractivity (Wildman–Crippen MR) is 58.3 cm³/mol. The van der Waals surface area contributed by atoms with Gasteiger partial charge in [-0.25, -0.2) is 0 Å². The number of methoxy groups -OCH3 is 1. The molecule has 0 heterocycles. The van der Waals surface area contributed by atoms with Crippen molar-refractivity contribution in [3.05, 3.63) is 10.6 Å². The molecule has 0 aromatic carbocycles. The van der Waals surface area contributed by atoms with Crippen LogP contribution in [0.2, 0.25) is 0 Å². The lowest BCUT2D eigenvalue weighted by atomic mass is 10.1. The number of nitrogens with one attached hydrogen (secondary N) is 1. The summed E-state index contributed by atoms with van der Waals surface area (Å²) in [5.41, 5.74) is 1.37. The lowest BCUT2D eigenvalue weighted by Crippen LogP contribution is -2.38. The van der Waals surface area contributed by atoms with Crippen LogP contribution in [0.4, 0.5) is 0 Å². The molecule has 78 valence electrons. The quantitative estimate of drug-likeness (QED) is 0.751. The van der Waals surface area contributed by atoms with Gasteiger partial charge in [0.1, 0.15) is 0 Å². The summed E-state index contributed by atoms with van der Waals surface area (Å²) >= 11 is 11.2. The molecule has 1 atom stereocenters. The summed E-state index contributed by atoms with van der Waals surface area (Å²) in [6.45, 7) is 5.55. The van der Waals surface area contributed by atoms with Crippen molar-refractivity contribution in [3.63, 3.8) is 0 Å². The van der Waals surface area contributed by atoms with Crippen LogP contribution in [-0.4, -0.2) is 26.3 Å². The van der Waals surface area contributed by atoms with Gasteiger partial charge in [-0.15, -0.1) is 0 Å². The number of rotatable bonds is 6. The van der Waals surface area contributed by atoms with Crippen molar-refractivity contribution >= 4 is 23.2 Å². The van der Waals surface area contributed by atoms with Gasteiger partial charge in [0.05, 0.1) is 6.61 Å². The second kappa shape index (κ2) is 7.63. The van der Waals surface area contributed by atoms with E-state index < -0.39 is 0 Å². The number of hydrogen-bond donors (Lipinski definition) is 1. The average Bonchev–Trinajstić information content (AvgIpc) is 2.11. The highest BCUT2D eigenvalue weighted by Crippen LogP contribution is 2.05. The van der Waals surface area contributed by atoms with Gasteiger partial charge in [0.2, 0.25) is 0 Å². The highest BCUT2D eigenvalue weighted by molar-refractivity contribution is 6.36. The fourth-order valence-electron chi connectivity index (χ4n) is 0.934. The molecule has 0 saturated heterocycles. The Morgan fingerprint density at radius 3 is 2.54 bits per heavy atom. The van der Waals surface area contributed by atoms with Gasteiger partial charge in [-0.3, -0.25) is 0 Å². The number of hydrogen-bond acceptors (Lipinski definition) is 2. The van der Waals surface area contributed by atoms with Crippen molar-refractivity contribution in [1.82, 2.24) is 5.32 Å². The smallest absolute Gasteiger partial charge is 0.0618 e. The number of ether oxygens (including phenoxy) is 1. The SMILES string of the molecule is COCC(NCC(Cl)=CCl)C(C)C. The maximum absolute atomic E-state index is 5.74. The third-order valence-corrected chi connectivity index (χ3v) is 2.42. The molecule has 1 unspecified atom stereocenters. The van der Waals surface area contributed by atoms with E-state index in [4.69, 9.17) is 27.9 Å². The Morgan fingerprint density at radius 1 is 1.54 bits per heavy atom. The molecule has 0 radical (unpaired) electrons. The number of halogens is 2. The fraction of sp³-hybridized carbons (Fsp3) is 0.778. The van der Waals surface area contributed by atoms with Gasteiger partial charge in [-0.1, -0.05) is 37.0 Å². The summed E-state index contributed by atoms with van der Waals surface area (Å²) in [6, 6.07) is 0.315. The van der Waals surface area contributed by atoms with Crippen LogP contribution in [0.3, 0.4) is 0 Å². The van der Waals surface area contributed by atoms with Crippen LogP contribution in [-0.2, 0) is 4.74 Å². The Hall–Kier alpha value is 0.240. The van der Waals surface area contributed by atoms with Crippen LogP contribution >= 0.6 is 23.2 Å². The Bertz CT molecular complexity index is 160. The van der Waals surface area contributed by atoms with Crippen molar-refractivity contribution in [2.75, 3.05) is 20.3 Å². The van der Waals surface area contributed by atoms with E-state index in [2.05, 4.69) is 19.2 Å². The molecule has 0 saturated carbocycles. The van der Waals surface area contributed by atoms with E-state index in [1.807, 2.05) is 0 Å². The molecule has 0 aromatic rings. The summed E-state index contributed by atoms with van der Waals surface area (Å²) in [6.07, 6.45) is 0. The Morgan fingerprint density at radius 2 is 2.15 bits per heavy atom. The molecule has 0 aliphatic rings. The van der Waals surface area contributed by atoms with E-state index in [-0.39, 0.29) is 0 Å². The van der Waals surface area contributed by atoms with Gasteiger partial charge in [0, 0.05) is 30.3 Å². The maximum Gasteiger partial charge on any atom is 0.0618 e. The van der Waals surface area contributed by atoms with Gasteiger partial charge in [-0.05, 0) is 5.92 Å². The van der Waals surface area contributed by atoms with Crippen LogP contribution in [0.15, 0.2) is 10.6 Å². The zero-order valence-electron chi connectivity index (χ0n) is 8.31. The topological polar surface area (TPSA) is 21.3 Å². The minimum absolute atomic E-state index is 0.315. The average molecular weight is 226 g/mol. The first-order valence-corrected chi connectivity index (χ1v) is 5.10. The Labute approximate surface area is 90.2 Å². The van der Waals surface area contributed by atoms with E-state index in [1.165, 1.54) is 5.54 Å². The second-order valence-corrected chi connectivity index (χ2v) is 3.95. The van der Waals surface area contributed by atoms with Crippen molar-refractivity contribution in [2.24, 2.45) is 5.92 Å². The second-order valence-electron chi connectivity index (χ2n) is 3.24. The minimum atomic E-state index is 0.315. The van der Waals surface area contributed by atoms with Crippen LogP contribution < -0.4 is 5.32 Å². The molecule has 1 N–H and O–H groups in total. The van der Waals surface area contributed by atoms with E-state index >= 15 is 0 Å². The summed E-state index contributed by atoms with van der Waals surface area (Å²) in [4.78, 5) is 0. The molecule has 0 aliphatic carbocycles. The molecule has 0 fully saturated rings. The van der Waals surface area contributed by atoms with E-state index in [0.717, 1.165) is 0 Å². The molecule has 0 rings (SSSR count). The molecule has 0 spiro atoms. The van der Waals surface area contributed by atoms with Crippen molar-refractivity contribution in [1.29, 1.82) is 0 Å². The monoisotopic (exact) mass is 225 g/mol. The standard InChI is InChI=1S/C9H17Cl2NO/c1-7(2)9(6-13-3)12-5-8(11)4-10/h4,7,9,12H,5-6H2,1-3H3. The Kier molecular flexibility index (Phi) is 7.77. The summed E-state index contributed by atoms with van der Waals surface area (Å²) < 4.78 is 5.07. The third kappa shape index (κ3) is 6.33. The predicted octanol–water partition coefficient (Wildman–Crippen LogP) is 2.57. The Balaban J connectivity index is 3.82. The van der Waals surface area contributed by atoms with Crippen molar-refractivity contribution in [2.45, 2.75) is 19.9 Å². The lowest BCUT2D eigenvalue weighted by molar-refractivity contribution is 0.149. The molecule has 4 heteroatoms. The molecule has 0 aromatic heterocycles. The normalized spacial score (nSPS) is 15.1. The first-order chi connectivity index (χ1) is 6.11. The molecule has 2 nitrogen and oxygen atoms in total. The van der Waals surface area contributed by atoms with Crippen LogP contribution in [0.1, 0.15) is 13.8 Å². The summed E-state index contributed by atoms with van der Waals surface area (Å²) in [5, 5.41) is 3.88. The largest absolute Gasteiger partial charge is 0.383 e. The molecular formula is C9H17Cl2NO. The first-order valence-electron chi connectivity index (χ1n) is 4.28. The lowest BCUT2D eigenvalue weighted by Gasteiger charge is -2.21. The van der Waals surface area contributed by atoms with E-state index in [1.54, 1.807) is 7.11 Å². The van der Waals surface area contributed by atoms with Crippen molar-refractivity contribution < 1.29 is 4.74 Å². The molecule has 0 bridgehead atoms. The van der Waals surface area contributed by atoms with Crippen molar-refractivity contribution in [3.8, 4) is 0 Å². The third-order valence-electron chi connectivity index (χ3n) is 1.80. The maximum atomic E-state index is 5.74. The fourth-order valence-corrected chi connectivity index (χ4v) is 1.09. The highest BCUT2D eigenvalue weighted by atomic mass is 35.5. The minimum Gasteiger partial charge on any atom is -0.383 e. The van der Waals surface area contributed by atoms with Gasteiger partial charge in [0.25, 0.3) is 0 Å². The van der Waals surface area contributed by atoms with E-state index in [0.29, 0.717) is 30.1 Å². The molecular weight excluding hydrogens is 209 g/mol. The van der Waals surface area contributed by atoms with Crippen LogP contribution in [0.5, 0.6) is 0 Å². The van der Waals surface area contributed by atoms with Crippen LogP contribution in [0, 0.1) is 5.92 Å². The molecule has 0 aliphatic heterocycles. The summed E-state index contributed by atoms with van der Waals surface area (Å²) in [7, 11) is 1.69. The van der Waals surface area contributed by atoms with Crippen LogP contribution in [0.25, 0.3) is 0 Å². The zero-order valence-corrected chi connectivity index (χ0v) is 9.82. The zero-order chi connectivity index (χ0) is 10.3. The van der Waals surface area contributed by atoms with Gasteiger partial charge in [-0.2, -0.15) is 0 Å². The highest BCUT2D eigenvalue weighted by Gasteiger charge is 2.11.